The normalized spacial score (nSPS) is 15.5. The molecule has 0 saturated carbocycles. The summed E-state index contributed by atoms with van der Waals surface area (Å²) >= 11 is 1.54. The fraction of sp³-hybridized carbons (Fsp3) is 0.412. The van der Waals surface area contributed by atoms with E-state index in [1.54, 1.807) is 0 Å². The molecule has 1 aliphatic heterocycles. The van der Waals surface area contributed by atoms with E-state index in [0.717, 1.165) is 44.3 Å². The van der Waals surface area contributed by atoms with Crippen molar-refractivity contribution in [1.82, 2.24) is 15.2 Å². The number of carbonyl (C=O) groups is 1. The summed E-state index contributed by atoms with van der Waals surface area (Å²) in [6.07, 6.45) is 0.770. The van der Waals surface area contributed by atoms with Gasteiger partial charge in [-0.25, -0.2) is 4.98 Å². The Kier molecular flexibility index (Phi) is 5.74. The van der Waals surface area contributed by atoms with Crippen molar-refractivity contribution >= 4 is 17.2 Å². The molecule has 0 bridgehead atoms. The van der Waals surface area contributed by atoms with Gasteiger partial charge in [0.25, 0.3) is 5.91 Å². The minimum Gasteiger partial charge on any atom is -0.379 e. The average Bonchev–Trinajstić information content (AvgIpc) is 3.05. The van der Waals surface area contributed by atoms with Crippen molar-refractivity contribution < 1.29 is 9.53 Å². The Hall–Kier alpha value is -1.76. The van der Waals surface area contributed by atoms with Crippen LogP contribution in [0.25, 0.3) is 0 Å². The minimum atomic E-state index is -0.0891. The molecule has 2 aromatic rings. The third-order valence-corrected chi connectivity index (χ3v) is 4.65. The molecule has 3 rings (SSSR count). The lowest BCUT2D eigenvalue weighted by Crippen LogP contribution is -2.41. The first-order chi connectivity index (χ1) is 11.3. The Labute approximate surface area is 140 Å². The molecular formula is C17H21N3O2S. The number of rotatable bonds is 6. The number of amides is 1. The summed E-state index contributed by atoms with van der Waals surface area (Å²) in [5, 5.41) is 5.75. The first-order valence-corrected chi connectivity index (χ1v) is 8.76. The second kappa shape index (κ2) is 8.19. The number of nitrogens with one attached hydrogen (secondary N) is 1. The van der Waals surface area contributed by atoms with Crippen LogP contribution >= 0.6 is 11.3 Å². The van der Waals surface area contributed by atoms with Crippen molar-refractivity contribution in [2.75, 3.05) is 39.4 Å². The van der Waals surface area contributed by atoms with Crippen molar-refractivity contribution in [3.05, 3.63) is 52.0 Å². The van der Waals surface area contributed by atoms with Crippen LogP contribution in [0, 0.1) is 0 Å². The molecule has 1 saturated heterocycles. The van der Waals surface area contributed by atoms with E-state index in [9.17, 15) is 4.79 Å². The quantitative estimate of drug-likeness (QED) is 0.877. The third-order valence-electron chi connectivity index (χ3n) is 3.80. The largest absolute Gasteiger partial charge is 0.379 e. The predicted molar refractivity (Wildman–Crippen MR) is 91.0 cm³/mol. The van der Waals surface area contributed by atoms with Gasteiger partial charge in [-0.15, -0.1) is 11.3 Å². The Bertz CT molecular complexity index is 624. The molecule has 1 aromatic heterocycles. The van der Waals surface area contributed by atoms with E-state index in [1.165, 1.54) is 16.9 Å². The number of hydrogen-bond donors (Lipinski definition) is 1. The molecule has 122 valence electrons. The van der Waals surface area contributed by atoms with Crippen LogP contribution < -0.4 is 5.32 Å². The van der Waals surface area contributed by atoms with Crippen LogP contribution in [0.1, 0.15) is 21.1 Å². The van der Waals surface area contributed by atoms with Crippen molar-refractivity contribution in [2.45, 2.75) is 6.42 Å². The molecule has 2 heterocycles. The second-order valence-electron chi connectivity index (χ2n) is 5.50. The summed E-state index contributed by atoms with van der Waals surface area (Å²) in [6.45, 7) is 4.94. The topological polar surface area (TPSA) is 54.5 Å². The second-order valence-corrected chi connectivity index (χ2v) is 6.44. The van der Waals surface area contributed by atoms with Gasteiger partial charge in [0.2, 0.25) is 0 Å². The van der Waals surface area contributed by atoms with Gasteiger partial charge in [0.15, 0.2) is 0 Å². The Morgan fingerprint density at radius 2 is 2.04 bits per heavy atom. The maximum Gasteiger partial charge on any atom is 0.270 e. The van der Waals surface area contributed by atoms with Gasteiger partial charge < -0.3 is 10.1 Å². The van der Waals surface area contributed by atoms with Crippen LogP contribution in [-0.4, -0.2) is 55.2 Å². The number of nitrogens with zero attached hydrogens (tertiary/aromatic N) is 2. The highest BCUT2D eigenvalue weighted by Gasteiger charge is 2.13. The maximum atomic E-state index is 12.1. The predicted octanol–water partition coefficient (Wildman–Crippen LogP) is 1.80. The van der Waals surface area contributed by atoms with Crippen LogP contribution in [0.5, 0.6) is 0 Å². The standard InChI is InChI=1S/C17H21N3O2S/c21-17(18-6-7-20-8-10-22-11-9-20)15-13-23-16(19-15)12-14-4-2-1-3-5-14/h1-5,13H,6-12H2,(H,18,21). The molecule has 0 atom stereocenters. The highest BCUT2D eigenvalue weighted by molar-refractivity contribution is 7.09. The van der Waals surface area contributed by atoms with E-state index in [0.29, 0.717) is 12.2 Å². The van der Waals surface area contributed by atoms with Crippen molar-refractivity contribution in [3.63, 3.8) is 0 Å². The number of benzene rings is 1. The van der Waals surface area contributed by atoms with E-state index < -0.39 is 0 Å². The summed E-state index contributed by atoms with van der Waals surface area (Å²) in [5.74, 6) is -0.0891. The monoisotopic (exact) mass is 331 g/mol. The molecule has 1 amide bonds. The molecule has 0 spiro atoms. The van der Waals surface area contributed by atoms with Gasteiger partial charge in [0.05, 0.1) is 18.2 Å². The van der Waals surface area contributed by atoms with Gasteiger partial charge in [0.1, 0.15) is 5.69 Å². The Balaban J connectivity index is 1.46. The number of aromatic nitrogens is 1. The molecule has 1 fully saturated rings. The van der Waals surface area contributed by atoms with E-state index in [4.69, 9.17) is 4.74 Å². The molecule has 23 heavy (non-hydrogen) atoms. The summed E-state index contributed by atoms with van der Waals surface area (Å²) < 4.78 is 5.31. The van der Waals surface area contributed by atoms with E-state index >= 15 is 0 Å². The summed E-state index contributed by atoms with van der Waals surface area (Å²) in [6, 6.07) is 10.2. The molecule has 1 aromatic carbocycles. The number of morpholine rings is 1. The first kappa shape index (κ1) is 16.1. The number of thiazole rings is 1. The summed E-state index contributed by atoms with van der Waals surface area (Å²) in [7, 11) is 0. The lowest BCUT2D eigenvalue weighted by molar-refractivity contribution is 0.0383. The van der Waals surface area contributed by atoms with Gasteiger partial charge in [-0.3, -0.25) is 9.69 Å². The van der Waals surface area contributed by atoms with Gasteiger partial charge in [0, 0.05) is 38.0 Å². The molecule has 1 N–H and O–H groups in total. The van der Waals surface area contributed by atoms with Crippen LogP contribution in [0.2, 0.25) is 0 Å². The van der Waals surface area contributed by atoms with Crippen molar-refractivity contribution in [3.8, 4) is 0 Å². The van der Waals surface area contributed by atoms with E-state index in [1.807, 2.05) is 23.6 Å². The zero-order valence-electron chi connectivity index (χ0n) is 13.0. The van der Waals surface area contributed by atoms with Crippen LogP contribution in [-0.2, 0) is 11.2 Å². The Morgan fingerprint density at radius 1 is 1.26 bits per heavy atom. The number of carbonyl (C=O) groups excluding carboxylic acids is 1. The number of ether oxygens (including phenoxy) is 1. The molecule has 0 unspecified atom stereocenters. The van der Waals surface area contributed by atoms with Gasteiger partial charge in [-0.1, -0.05) is 30.3 Å². The zero-order valence-corrected chi connectivity index (χ0v) is 13.8. The smallest absolute Gasteiger partial charge is 0.270 e. The lowest BCUT2D eigenvalue weighted by atomic mass is 10.2. The third kappa shape index (κ3) is 4.86. The lowest BCUT2D eigenvalue weighted by Gasteiger charge is -2.26. The maximum absolute atomic E-state index is 12.1. The fourth-order valence-electron chi connectivity index (χ4n) is 2.51. The van der Waals surface area contributed by atoms with Crippen molar-refractivity contribution in [2.24, 2.45) is 0 Å². The van der Waals surface area contributed by atoms with E-state index in [2.05, 4.69) is 27.3 Å². The van der Waals surface area contributed by atoms with Crippen molar-refractivity contribution in [1.29, 1.82) is 0 Å². The molecule has 5 nitrogen and oxygen atoms in total. The molecule has 1 aliphatic rings. The fourth-order valence-corrected chi connectivity index (χ4v) is 3.32. The Morgan fingerprint density at radius 3 is 2.83 bits per heavy atom. The van der Waals surface area contributed by atoms with Crippen LogP contribution in [0.3, 0.4) is 0 Å². The van der Waals surface area contributed by atoms with Gasteiger partial charge in [-0.05, 0) is 5.56 Å². The van der Waals surface area contributed by atoms with Gasteiger partial charge >= 0.3 is 0 Å². The highest BCUT2D eigenvalue weighted by Crippen LogP contribution is 2.14. The van der Waals surface area contributed by atoms with Crippen LogP contribution in [0.4, 0.5) is 0 Å². The average molecular weight is 331 g/mol. The molecule has 0 radical (unpaired) electrons. The zero-order chi connectivity index (χ0) is 15.9. The molecule has 0 aliphatic carbocycles. The van der Waals surface area contributed by atoms with E-state index in [-0.39, 0.29) is 5.91 Å². The SMILES string of the molecule is O=C(NCCN1CCOCC1)c1csc(Cc2ccccc2)n1. The molecule has 6 heteroatoms. The summed E-state index contributed by atoms with van der Waals surface area (Å²) in [5.41, 5.74) is 1.73. The van der Waals surface area contributed by atoms with Gasteiger partial charge in [-0.2, -0.15) is 0 Å². The molecular weight excluding hydrogens is 310 g/mol. The summed E-state index contributed by atoms with van der Waals surface area (Å²) in [4.78, 5) is 18.9. The highest BCUT2D eigenvalue weighted by atomic mass is 32.1. The van der Waals surface area contributed by atoms with Crippen LogP contribution in [0.15, 0.2) is 35.7 Å². The number of hydrogen-bond acceptors (Lipinski definition) is 5. The minimum absolute atomic E-state index is 0.0891. The first-order valence-electron chi connectivity index (χ1n) is 7.88.